The van der Waals surface area contributed by atoms with Crippen molar-refractivity contribution >= 4 is 17.3 Å². The lowest BCUT2D eigenvalue weighted by Gasteiger charge is -2.17. The highest BCUT2D eigenvalue weighted by Gasteiger charge is 2.15. The van der Waals surface area contributed by atoms with Crippen LogP contribution in [-0.2, 0) is 4.79 Å². The fraction of sp³-hybridized carbons (Fsp3) is 0.562. The highest BCUT2D eigenvalue weighted by atomic mass is 16.1. The molecule has 20 heavy (non-hydrogen) atoms. The van der Waals surface area contributed by atoms with Gasteiger partial charge in [0.05, 0.1) is 6.54 Å². The minimum atomic E-state index is 0.0328. The van der Waals surface area contributed by atoms with Gasteiger partial charge in [-0.1, -0.05) is 18.9 Å². The Labute approximate surface area is 121 Å². The van der Waals surface area contributed by atoms with Crippen LogP contribution in [0.15, 0.2) is 18.2 Å². The second kappa shape index (κ2) is 6.75. The Bertz CT molecular complexity index is 465. The maximum Gasteiger partial charge on any atom is 0.238 e. The summed E-state index contributed by atoms with van der Waals surface area (Å²) in [5, 5.41) is 6.29. The maximum atomic E-state index is 11.9. The van der Waals surface area contributed by atoms with Crippen molar-refractivity contribution in [1.29, 1.82) is 0 Å². The van der Waals surface area contributed by atoms with Gasteiger partial charge >= 0.3 is 0 Å². The molecule has 2 N–H and O–H groups in total. The highest BCUT2D eigenvalue weighted by molar-refractivity contribution is 5.92. The van der Waals surface area contributed by atoms with E-state index < -0.39 is 0 Å². The van der Waals surface area contributed by atoms with Crippen molar-refractivity contribution < 1.29 is 4.79 Å². The van der Waals surface area contributed by atoms with Crippen molar-refractivity contribution in [2.45, 2.75) is 38.6 Å². The molecule has 0 saturated heterocycles. The second-order valence-electron chi connectivity index (χ2n) is 5.81. The zero-order valence-corrected chi connectivity index (χ0v) is 12.7. The zero-order chi connectivity index (χ0) is 14.5. The SMILES string of the molecule is Cc1ccc(NC(=O)CNC2CCCC2)cc1N(C)C. The normalized spacial score (nSPS) is 15.3. The van der Waals surface area contributed by atoms with E-state index in [4.69, 9.17) is 0 Å². The van der Waals surface area contributed by atoms with E-state index in [9.17, 15) is 4.79 Å². The molecule has 1 aliphatic rings. The number of carbonyl (C=O) groups is 1. The molecular weight excluding hydrogens is 250 g/mol. The van der Waals surface area contributed by atoms with Crippen LogP contribution in [0.1, 0.15) is 31.2 Å². The third-order valence-electron chi connectivity index (χ3n) is 3.88. The molecule has 0 spiro atoms. The molecule has 0 unspecified atom stereocenters. The van der Waals surface area contributed by atoms with Gasteiger partial charge in [0, 0.05) is 31.5 Å². The van der Waals surface area contributed by atoms with Gasteiger partial charge in [0.15, 0.2) is 0 Å². The van der Waals surface area contributed by atoms with Crippen LogP contribution >= 0.6 is 0 Å². The van der Waals surface area contributed by atoms with E-state index in [1.165, 1.54) is 31.2 Å². The molecule has 0 radical (unpaired) electrons. The molecule has 4 nitrogen and oxygen atoms in total. The lowest BCUT2D eigenvalue weighted by atomic mass is 10.1. The van der Waals surface area contributed by atoms with E-state index in [0.29, 0.717) is 12.6 Å². The number of aryl methyl sites for hydroxylation is 1. The van der Waals surface area contributed by atoms with E-state index in [0.717, 1.165) is 11.4 Å². The van der Waals surface area contributed by atoms with Crippen LogP contribution < -0.4 is 15.5 Å². The Morgan fingerprint density at radius 2 is 2.00 bits per heavy atom. The lowest BCUT2D eigenvalue weighted by Crippen LogP contribution is -2.34. The highest BCUT2D eigenvalue weighted by Crippen LogP contribution is 2.22. The third kappa shape index (κ3) is 3.97. The summed E-state index contributed by atoms with van der Waals surface area (Å²) in [7, 11) is 4.02. The van der Waals surface area contributed by atoms with Crippen LogP contribution in [-0.4, -0.2) is 32.6 Å². The fourth-order valence-electron chi connectivity index (χ4n) is 2.74. The average Bonchev–Trinajstić information content (AvgIpc) is 2.91. The van der Waals surface area contributed by atoms with E-state index in [1.54, 1.807) is 0 Å². The maximum absolute atomic E-state index is 11.9. The summed E-state index contributed by atoms with van der Waals surface area (Å²) in [4.78, 5) is 14.0. The molecule has 4 heteroatoms. The van der Waals surface area contributed by atoms with Crippen LogP contribution in [0.3, 0.4) is 0 Å². The molecule has 1 saturated carbocycles. The first-order valence-corrected chi connectivity index (χ1v) is 7.37. The quantitative estimate of drug-likeness (QED) is 0.868. The van der Waals surface area contributed by atoms with Crippen LogP contribution in [0.4, 0.5) is 11.4 Å². The number of hydrogen-bond acceptors (Lipinski definition) is 3. The van der Waals surface area contributed by atoms with Gasteiger partial charge in [-0.05, 0) is 37.5 Å². The summed E-state index contributed by atoms with van der Waals surface area (Å²) in [5.41, 5.74) is 3.20. The summed E-state index contributed by atoms with van der Waals surface area (Å²) in [6, 6.07) is 6.53. The minimum absolute atomic E-state index is 0.0328. The van der Waals surface area contributed by atoms with Crippen molar-refractivity contribution in [3.05, 3.63) is 23.8 Å². The summed E-state index contributed by atoms with van der Waals surface area (Å²) in [6.45, 7) is 2.47. The molecule has 110 valence electrons. The van der Waals surface area contributed by atoms with Crippen molar-refractivity contribution in [3.8, 4) is 0 Å². The summed E-state index contributed by atoms with van der Waals surface area (Å²) in [5.74, 6) is 0.0328. The largest absolute Gasteiger partial charge is 0.377 e. The zero-order valence-electron chi connectivity index (χ0n) is 12.7. The molecule has 1 amide bonds. The second-order valence-corrected chi connectivity index (χ2v) is 5.81. The van der Waals surface area contributed by atoms with Gasteiger partial charge in [-0.2, -0.15) is 0 Å². The summed E-state index contributed by atoms with van der Waals surface area (Å²) >= 11 is 0. The van der Waals surface area contributed by atoms with Gasteiger partial charge in [0.2, 0.25) is 5.91 Å². The standard InChI is InChI=1S/C16H25N3O/c1-12-8-9-14(10-15(12)19(2)3)18-16(20)11-17-13-6-4-5-7-13/h8-10,13,17H,4-7,11H2,1-3H3,(H,18,20). The Morgan fingerprint density at radius 1 is 1.30 bits per heavy atom. The van der Waals surface area contributed by atoms with Gasteiger partial charge in [-0.3, -0.25) is 4.79 Å². The van der Waals surface area contributed by atoms with Crippen molar-refractivity contribution in [1.82, 2.24) is 5.32 Å². The Hall–Kier alpha value is -1.55. The molecule has 0 heterocycles. The molecule has 2 rings (SSSR count). The van der Waals surface area contributed by atoms with Gasteiger partial charge in [-0.15, -0.1) is 0 Å². The van der Waals surface area contributed by atoms with Crippen LogP contribution in [0, 0.1) is 6.92 Å². The predicted molar refractivity (Wildman–Crippen MR) is 84.4 cm³/mol. The number of benzene rings is 1. The number of rotatable bonds is 5. The van der Waals surface area contributed by atoms with Crippen molar-refractivity contribution in [2.75, 3.05) is 30.9 Å². The van der Waals surface area contributed by atoms with Gasteiger partial charge in [0.25, 0.3) is 0 Å². The number of anilines is 2. The third-order valence-corrected chi connectivity index (χ3v) is 3.88. The fourth-order valence-corrected chi connectivity index (χ4v) is 2.74. The van der Waals surface area contributed by atoms with E-state index in [2.05, 4.69) is 22.5 Å². The smallest absolute Gasteiger partial charge is 0.238 e. The first-order valence-electron chi connectivity index (χ1n) is 7.37. The first-order chi connectivity index (χ1) is 9.56. The topological polar surface area (TPSA) is 44.4 Å². The van der Waals surface area contributed by atoms with Crippen molar-refractivity contribution in [3.63, 3.8) is 0 Å². The van der Waals surface area contributed by atoms with E-state index in [-0.39, 0.29) is 5.91 Å². The van der Waals surface area contributed by atoms with E-state index >= 15 is 0 Å². The Kier molecular flexibility index (Phi) is 5.01. The molecule has 0 atom stereocenters. The number of nitrogens with zero attached hydrogens (tertiary/aromatic N) is 1. The monoisotopic (exact) mass is 275 g/mol. The molecule has 1 fully saturated rings. The Balaban J connectivity index is 1.88. The minimum Gasteiger partial charge on any atom is -0.377 e. The number of amides is 1. The number of hydrogen-bond donors (Lipinski definition) is 2. The number of carbonyl (C=O) groups excluding carboxylic acids is 1. The van der Waals surface area contributed by atoms with Crippen LogP contribution in [0.5, 0.6) is 0 Å². The van der Waals surface area contributed by atoms with Gasteiger partial charge in [0.1, 0.15) is 0 Å². The molecule has 1 aliphatic carbocycles. The summed E-state index contributed by atoms with van der Waals surface area (Å²) < 4.78 is 0. The molecule has 0 aromatic heterocycles. The lowest BCUT2D eigenvalue weighted by molar-refractivity contribution is -0.115. The van der Waals surface area contributed by atoms with Gasteiger partial charge < -0.3 is 15.5 Å². The molecule has 1 aromatic rings. The van der Waals surface area contributed by atoms with Crippen LogP contribution in [0.2, 0.25) is 0 Å². The van der Waals surface area contributed by atoms with Crippen LogP contribution in [0.25, 0.3) is 0 Å². The predicted octanol–water partition coefficient (Wildman–Crippen LogP) is 2.53. The van der Waals surface area contributed by atoms with Crippen molar-refractivity contribution in [2.24, 2.45) is 0 Å². The average molecular weight is 275 g/mol. The Morgan fingerprint density at radius 3 is 2.65 bits per heavy atom. The molecule has 0 aliphatic heterocycles. The van der Waals surface area contributed by atoms with Gasteiger partial charge in [-0.25, -0.2) is 0 Å². The van der Waals surface area contributed by atoms with E-state index in [1.807, 2.05) is 32.3 Å². The summed E-state index contributed by atoms with van der Waals surface area (Å²) in [6.07, 6.45) is 4.96. The molecule has 1 aromatic carbocycles. The molecule has 0 bridgehead atoms. The first kappa shape index (κ1) is 14.9. The number of nitrogens with one attached hydrogen (secondary N) is 2. The molecular formula is C16H25N3O.